The van der Waals surface area contributed by atoms with E-state index in [-0.39, 0.29) is 5.91 Å². The summed E-state index contributed by atoms with van der Waals surface area (Å²) in [5.74, 6) is -0.126. The summed E-state index contributed by atoms with van der Waals surface area (Å²) in [4.78, 5) is 13.5. The third kappa shape index (κ3) is 5.11. The molecule has 0 aromatic heterocycles. The summed E-state index contributed by atoms with van der Waals surface area (Å²) >= 11 is 1.70. The molecule has 0 aliphatic rings. The van der Waals surface area contributed by atoms with Gasteiger partial charge in [0.25, 0.3) is 0 Å². The molecular formula is C23H21NOS. The van der Waals surface area contributed by atoms with Crippen LogP contribution in [0.5, 0.6) is 0 Å². The average Bonchev–Trinajstić information content (AvgIpc) is 2.69. The van der Waals surface area contributed by atoms with Crippen LogP contribution >= 0.6 is 11.8 Å². The highest BCUT2D eigenvalue weighted by Gasteiger charge is 2.05. The van der Waals surface area contributed by atoms with Gasteiger partial charge in [0.2, 0.25) is 5.91 Å². The summed E-state index contributed by atoms with van der Waals surface area (Å²) in [5.41, 5.74) is 4.18. The molecule has 0 bridgehead atoms. The Hall–Kier alpha value is -2.78. The summed E-state index contributed by atoms with van der Waals surface area (Å²) < 4.78 is 0. The third-order valence-corrected chi connectivity index (χ3v) is 4.80. The Balaban J connectivity index is 1.68. The van der Waals surface area contributed by atoms with E-state index in [9.17, 15) is 4.79 Å². The predicted octanol–water partition coefficient (Wildman–Crippen LogP) is 5.65. The molecule has 3 aromatic rings. The minimum absolute atomic E-state index is 0.126. The molecule has 130 valence electrons. The number of carbonyl (C=O) groups is 1. The van der Waals surface area contributed by atoms with Crippen LogP contribution in [0.1, 0.15) is 16.7 Å². The van der Waals surface area contributed by atoms with Crippen molar-refractivity contribution >= 4 is 29.4 Å². The normalized spacial score (nSPS) is 10.8. The Morgan fingerprint density at radius 3 is 2.35 bits per heavy atom. The van der Waals surface area contributed by atoms with Crippen LogP contribution in [-0.4, -0.2) is 12.2 Å². The lowest BCUT2D eigenvalue weighted by atomic mass is 10.0. The molecule has 0 saturated carbocycles. The first-order valence-electron chi connectivity index (χ1n) is 8.49. The highest BCUT2D eigenvalue weighted by Crippen LogP contribution is 2.19. The maximum Gasteiger partial charge on any atom is 0.248 e. The van der Waals surface area contributed by atoms with E-state index in [0.29, 0.717) is 0 Å². The summed E-state index contributed by atoms with van der Waals surface area (Å²) in [5, 5.41) is 2.99. The molecular weight excluding hydrogens is 338 g/mol. The van der Waals surface area contributed by atoms with E-state index in [1.54, 1.807) is 17.8 Å². The maximum atomic E-state index is 12.3. The minimum atomic E-state index is -0.126. The van der Waals surface area contributed by atoms with Gasteiger partial charge < -0.3 is 5.32 Å². The van der Waals surface area contributed by atoms with Gasteiger partial charge in [0.05, 0.1) is 0 Å². The molecule has 0 aliphatic carbocycles. The van der Waals surface area contributed by atoms with Crippen LogP contribution in [0, 0.1) is 0 Å². The molecule has 0 heterocycles. The second kappa shape index (κ2) is 9.07. The molecule has 1 amide bonds. The van der Waals surface area contributed by atoms with Crippen molar-refractivity contribution < 1.29 is 4.79 Å². The van der Waals surface area contributed by atoms with Crippen molar-refractivity contribution in [2.75, 3.05) is 11.6 Å². The fraction of sp³-hybridized carbons (Fsp3) is 0.0870. The van der Waals surface area contributed by atoms with Crippen LogP contribution in [-0.2, 0) is 11.2 Å². The van der Waals surface area contributed by atoms with Crippen molar-refractivity contribution in [1.29, 1.82) is 0 Å². The molecule has 3 rings (SSSR count). The molecule has 3 aromatic carbocycles. The fourth-order valence-electron chi connectivity index (χ4n) is 2.67. The van der Waals surface area contributed by atoms with Crippen LogP contribution in [0.3, 0.4) is 0 Å². The molecule has 1 N–H and O–H groups in total. The number of para-hydroxylation sites is 1. The van der Waals surface area contributed by atoms with E-state index >= 15 is 0 Å². The lowest BCUT2D eigenvalue weighted by Gasteiger charge is -2.10. The Bertz CT molecular complexity index is 886. The Labute approximate surface area is 159 Å². The van der Waals surface area contributed by atoms with Crippen molar-refractivity contribution in [1.82, 2.24) is 0 Å². The number of hydrogen-bond acceptors (Lipinski definition) is 2. The van der Waals surface area contributed by atoms with Gasteiger partial charge in [-0.2, -0.15) is 0 Å². The molecule has 0 saturated heterocycles. The van der Waals surface area contributed by atoms with Crippen LogP contribution in [0.15, 0.2) is 89.8 Å². The van der Waals surface area contributed by atoms with Crippen LogP contribution in [0.4, 0.5) is 5.69 Å². The molecule has 0 spiro atoms. The van der Waals surface area contributed by atoms with Crippen molar-refractivity contribution in [3.05, 3.63) is 102 Å². The molecule has 0 unspecified atom stereocenters. The fourth-order valence-corrected chi connectivity index (χ4v) is 3.08. The number of amides is 1. The van der Waals surface area contributed by atoms with E-state index in [1.165, 1.54) is 10.5 Å². The maximum absolute atomic E-state index is 12.3. The van der Waals surface area contributed by atoms with Gasteiger partial charge in [0, 0.05) is 16.7 Å². The number of benzene rings is 3. The predicted molar refractivity (Wildman–Crippen MR) is 112 cm³/mol. The zero-order chi connectivity index (χ0) is 18.2. The minimum Gasteiger partial charge on any atom is -0.322 e. The lowest BCUT2D eigenvalue weighted by Crippen LogP contribution is -2.10. The van der Waals surface area contributed by atoms with Gasteiger partial charge in [0.1, 0.15) is 0 Å². The molecule has 0 atom stereocenters. The first-order valence-corrected chi connectivity index (χ1v) is 9.72. The number of carbonyl (C=O) groups excluding carboxylic acids is 1. The lowest BCUT2D eigenvalue weighted by molar-refractivity contribution is -0.111. The van der Waals surface area contributed by atoms with Crippen molar-refractivity contribution in [2.45, 2.75) is 11.3 Å². The van der Waals surface area contributed by atoms with Gasteiger partial charge in [-0.3, -0.25) is 4.79 Å². The van der Waals surface area contributed by atoms with Gasteiger partial charge in [-0.25, -0.2) is 0 Å². The third-order valence-electron chi connectivity index (χ3n) is 4.06. The zero-order valence-corrected chi connectivity index (χ0v) is 15.5. The number of hydrogen-bond donors (Lipinski definition) is 1. The molecule has 2 nitrogen and oxygen atoms in total. The number of anilines is 1. The van der Waals surface area contributed by atoms with Gasteiger partial charge in [-0.15, -0.1) is 11.8 Å². The van der Waals surface area contributed by atoms with E-state index < -0.39 is 0 Å². The second-order valence-corrected chi connectivity index (χ2v) is 6.79. The number of rotatable bonds is 6. The molecule has 26 heavy (non-hydrogen) atoms. The second-order valence-electron chi connectivity index (χ2n) is 5.92. The Morgan fingerprint density at radius 2 is 1.62 bits per heavy atom. The quantitative estimate of drug-likeness (QED) is 0.455. The number of thioether (sulfide) groups is 1. The van der Waals surface area contributed by atoms with Gasteiger partial charge in [0.15, 0.2) is 0 Å². The van der Waals surface area contributed by atoms with Crippen molar-refractivity contribution in [3.8, 4) is 0 Å². The summed E-state index contributed by atoms with van der Waals surface area (Å²) in [6.45, 7) is 0. The smallest absolute Gasteiger partial charge is 0.248 e. The van der Waals surface area contributed by atoms with Crippen molar-refractivity contribution in [2.24, 2.45) is 0 Å². The first kappa shape index (κ1) is 18.0. The van der Waals surface area contributed by atoms with E-state index in [1.807, 2.05) is 66.9 Å². The average molecular weight is 359 g/mol. The Kier molecular flexibility index (Phi) is 6.29. The molecule has 0 radical (unpaired) electrons. The topological polar surface area (TPSA) is 29.1 Å². The Morgan fingerprint density at radius 1 is 0.923 bits per heavy atom. The highest BCUT2D eigenvalue weighted by atomic mass is 32.2. The summed E-state index contributed by atoms with van der Waals surface area (Å²) in [7, 11) is 0. The standard InChI is InChI=1S/C23H21NOS/c1-26-21-14-11-18(12-15-21)13-16-23(25)24-22-10-6-5-9-20(22)17-19-7-3-2-4-8-19/h2-16H,17H2,1H3,(H,24,25). The van der Waals surface area contributed by atoms with Crippen LogP contribution in [0.2, 0.25) is 0 Å². The summed E-state index contributed by atoms with van der Waals surface area (Å²) in [6.07, 6.45) is 6.25. The van der Waals surface area contributed by atoms with Gasteiger partial charge >= 0.3 is 0 Å². The van der Waals surface area contributed by atoms with E-state index in [0.717, 1.165) is 23.2 Å². The van der Waals surface area contributed by atoms with E-state index in [4.69, 9.17) is 0 Å². The monoisotopic (exact) mass is 359 g/mol. The zero-order valence-electron chi connectivity index (χ0n) is 14.7. The first-order chi connectivity index (χ1) is 12.7. The van der Waals surface area contributed by atoms with E-state index in [2.05, 4.69) is 29.6 Å². The van der Waals surface area contributed by atoms with Gasteiger partial charge in [-0.05, 0) is 53.6 Å². The number of nitrogens with one attached hydrogen (secondary N) is 1. The molecule has 3 heteroatoms. The molecule has 0 fully saturated rings. The van der Waals surface area contributed by atoms with Gasteiger partial charge in [-0.1, -0.05) is 60.7 Å². The highest BCUT2D eigenvalue weighted by molar-refractivity contribution is 7.98. The van der Waals surface area contributed by atoms with Crippen molar-refractivity contribution in [3.63, 3.8) is 0 Å². The SMILES string of the molecule is CSc1ccc(C=CC(=O)Nc2ccccc2Cc2ccccc2)cc1. The largest absolute Gasteiger partial charge is 0.322 e. The van der Waals surface area contributed by atoms with Crippen LogP contribution in [0.25, 0.3) is 6.08 Å². The van der Waals surface area contributed by atoms with Crippen LogP contribution < -0.4 is 5.32 Å². The summed E-state index contributed by atoms with van der Waals surface area (Å²) in [6, 6.07) is 26.3. The molecule has 0 aliphatic heterocycles.